The lowest BCUT2D eigenvalue weighted by Crippen LogP contribution is -2.30. The third kappa shape index (κ3) is 4.37. The van der Waals surface area contributed by atoms with E-state index in [4.69, 9.17) is 9.84 Å². The first kappa shape index (κ1) is 19.6. The van der Waals surface area contributed by atoms with Crippen molar-refractivity contribution in [2.45, 2.75) is 6.54 Å². The molecular weight excluding hydrogens is 435 g/mol. The molecule has 28 heavy (non-hydrogen) atoms. The summed E-state index contributed by atoms with van der Waals surface area (Å²) >= 11 is 3.29. The van der Waals surface area contributed by atoms with E-state index in [1.807, 2.05) is 0 Å². The Labute approximate surface area is 167 Å². The highest BCUT2D eigenvalue weighted by Gasteiger charge is 2.34. The normalized spacial score (nSPS) is 15.1. The molecule has 0 radical (unpaired) electrons. The van der Waals surface area contributed by atoms with E-state index < -0.39 is 30.3 Å². The number of nitrogens with one attached hydrogen (secondary N) is 1. The molecule has 2 aromatic carbocycles. The van der Waals surface area contributed by atoms with Crippen LogP contribution in [0.3, 0.4) is 0 Å². The number of hydrogen-bond acceptors (Lipinski definition) is 4. The van der Waals surface area contributed by atoms with Gasteiger partial charge in [0, 0.05) is 15.6 Å². The standard InChI is InChI=1S/C19H14BrFN2O5/c20-13-5-6-16(28-10-17(24)25)12(7-13)8-15-18(26)23(19(27)22-15)9-11-3-1-2-4-14(11)21/h1-8H,9-10H2,(H,22,27)(H,24,25)/b15-8+. The molecule has 2 N–H and O–H groups in total. The number of ether oxygens (including phenoxy) is 1. The lowest BCUT2D eigenvalue weighted by atomic mass is 10.1. The quantitative estimate of drug-likeness (QED) is 0.522. The number of carbonyl (C=O) groups excluding carboxylic acids is 2. The lowest BCUT2D eigenvalue weighted by molar-refractivity contribution is -0.139. The van der Waals surface area contributed by atoms with Gasteiger partial charge in [-0.2, -0.15) is 0 Å². The van der Waals surface area contributed by atoms with Crippen LogP contribution in [-0.4, -0.2) is 34.5 Å². The van der Waals surface area contributed by atoms with E-state index >= 15 is 0 Å². The Bertz CT molecular complexity index is 992. The monoisotopic (exact) mass is 448 g/mol. The first-order chi connectivity index (χ1) is 13.3. The Hall–Kier alpha value is -3.20. The predicted octanol–water partition coefficient (Wildman–Crippen LogP) is 3.14. The number of urea groups is 1. The molecule has 0 unspecified atom stereocenters. The molecule has 3 rings (SSSR count). The van der Waals surface area contributed by atoms with Crippen LogP contribution in [-0.2, 0) is 16.1 Å². The maximum Gasteiger partial charge on any atom is 0.341 e. The summed E-state index contributed by atoms with van der Waals surface area (Å²) in [5.74, 6) is -2.06. The van der Waals surface area contributed by atoms with Crippen molar-refractivity contribution in [3.63, 3.8) is 0 Å². The predicted molar refractivity (Wildman–Crippen MR) is 101 cm³/mol. The number of carboxylic acids is 1. The van der Waals surface area contributed by atoms with E-state index in [2.05, 4.69) is 21.2 Å². The topological polar surface area (TPSA) is 95.9 Å². The van der Waals surface area contributed by atoms with Crippen LogP contribution in [0.1, 0.15) is 11.1 Å². The van der Waals surface area contributed by atoms with Crippen LogP contribution in [0.25, 0.3) is 6.08 Å². The Kier molecular flexibility index (Phi) is 5.74. The molecule has 1 aliphatic heterocycles. The van der Waals surface area contributed by atoms with Crippen LogP contribution in [0.2, 0.25) is 0 Å². The van der Waals surface area contributed by atoms with Gasteiger partial charge >= 0.3 is 12.0 Å². The summed E-state index contributed by atoms with van der Waals surface area (Å²) in [6.45, 7) is -0.771. The van der Waals surface area contributed by atoms with Crippen LogP contribution in [0.15, 0.2) is 52.6 Å². The minimum absolute atomic E-state index is 0.0281. The maximum atomic E-state index is 13.8. The molecule has 7 nitrogen and oxygen atoms in total. The maximum absolute atomic E-state index is 13.8. The highest BCUT2D eigenvalue weighted by Crippen LogP contribution is 2.27. The highest BCUT2D eigenvalue weighted by atomic mass is 79.9. The molecule has 0 spiro atoms. The van der Waals surface area contributed by atoms with Crippen LogP contribution in [0.5, 0.6) is 5.75 Å². The molecule has 1 fully saturated rings. The number of aliphatic carboxylic acids is 1. The zero-order valence-corrected chi connectivity index (χ0v) is 15.9. The molecule has 0 atom stereocenters. The molecule has 144 valence electrons. The van der Waals surface area contributed by atoms with E-state index in [1.54, 1.807) is 18.2 Å². The number of benzene rings is 2. The molecule has 3 amide bonds. The molecular formula is C19H14BrFN2O5. The van der Waals surface area contributed by atoms with E-state index in [-0.39, 0.29) is 23.6 Å². The fourth-order valence-corrected chi connectivity index (χ4v) is 2.95. The van der Waals surface area contributed by atoms with Crippen LogP contribution >= 0.6 is 15.9 Å². The van der Waals surface area contributed by atoms with Crippen molar-refractivity contribution in [1.29, 1.82) is 0 Å². The molecule has 1 aliphatic rings. The van der Waals surface area contributed by atoms with E-state index in [0.717, 1.165) is 4.90 Å². The van der Waals surface area contributed by atoms with Crippen molar-refractivity contribution >= 4 is 39.9 Å². The minimum atomic E-state index is -1.15. The van der Waals surface area contributed by atoms with Gasteiger partial charge in [-0.3, -0.25) is 9.69 Å². The second kappa shape index (κ2) is 8.22. The fourth-order valence-electron chi connectivity index (χ4n) is 2.57. The van der Waals surface area contributed by atoms with Crippen molar-refractivity contribution in [1.82, 2.24) is 10.2 Å². The fraction of sp³-hybridized carbons (Fsp3) is 0.105. The third-order valence-corrected chi connectivity index (χ3v) is 4.36. The van der Waals surface area contributed by atoms with Gasteiger partial charge in [0.2, 0.25) is 0 Å². The van der Waals surface area contributed by atoms with Gasteiger partial charge in [-0.05, 0) is 30.3 Å². The number of carboxylic acid groups (broad SMARTS) is 1. The first-order valence-electron chi connectivity index (χ1n) is 8.07. The number of imide groups is 1. The Morgan fingerprint density at radius 1 is 1.25 bits per heavy atom. The lowest BCUT2D eigenvalue weighted by Gasteiger charge is -2.12. The smallest absolute Gasteiger partial charge is 0.341 e. The van der Waals surface area contributed by atoms with E-state index in [1.165, 1.54) is 30.3 Å². The Balaban J connectivity index is 1.86. The zero-order valence-electron chi connectivity index (χ0n) is 14.3. The molecule has 2 aromatic rings. The summed E-state index contributed by atoms with van der Waals surface area (Å²) in [5.41, 5.74) is 0.576. The molecule has 1 saturated heterocycles. The highest BCUT2D eigenvalue weighted by molar-refractivity contribution is 9.10. The number of rotatable bonds is 6. The molecule has 0 aliphatic carbocycles. The van der Waals surface area contributed by atoms with E-state index in [0.29, 0.717) is 10.0 Å². The van der Waals surface area contributed by atoms with Crippen LogP contribution in [0.4, 0.5) is 9.18 Å². The average Bonchev–Trinajstić information content (AvgIpc) is 2.90. The van der Waals surface area contributed by atoms with Crippen molar-refractivity contribution < 1.29 is 28.6 Å². The number of hydrogen-bond donors (Lipinski definition) is 2. The Morgan fingerprint density at radius 3 is 2.71 bits per heavy atom. The van der Waals surface area contributed by atoms with Crippen LogP contribution < -0.4 is 10.1 Å². The molecule has 0 bridgehead atoms. The third-order valence-electron chi connectivity index (χ3n) is 3.87. The minimum Gasteiger partial charge on any atom is -0.481 e. The first-order valence-corrected chi connectivity index (χ1v) is 8.86. The Morgan fingerprint density at radius 2 is 2.00 bits per heavy atom. The van der Waals surface area contributed by atoms with Crippen molar-refractivity contribution in [3.8, 4) is 5.75 Å². The van der Waals surface area contributed by atoms with Gasteiger partial charge in [0.05, 0.1) is 6.54 Å². The number of nitrogens with zero attached hydrogens (tertiary/aromatic N) is 1. The summed E-state index contributed by atoms with van der Waals surface area (Å²) in [6.07, 6.45) is 1.38. The van der Waals surface area contributed by atoms with Gasteiger partial charge in [-0.15, -0.1) is 0 Å². The van der Waals surface area contributed by atoms with Gasteiger partial charge in [-0.1, -0.05) is 34.1 Å². The summed E-state index contributed by atoms with van der Waals surface area (Å²) in [6, 6.07) is 9.99. The second-order valence-electron chi connectivity index (χ2n) is 5.84. The van der Waals surface area contributed by atoms with Crippen molar-refractivity contribution in [2.75, 3.05) is 6.61 Å². The SMILES string of the molecule is O=C(O)COc1ccc(Br)cc1/C=C1/NC(=O)N(Cc2ccccc2F)C1=O. The van der Waals surface area contributed by atoms with Crippen molar-refractivity contribution in [3.05, 3.63) is 69.6 Å². The molecule has 1 heterocycles. The van der Waals surface area contributed by atoms with Gasteiger partial charge in [-0.25, -0.2) is 14.0 Å². The van der Waals surface area contributed by atoms with Gasteiger partial charge < -0.3 is 15.2 Å². The molecule has 9 heteroatoms. The van der Waals surface area contributed by atoms with Gasteiger partial charge in [0.1, 0.15) is 17.3 Å². The zero-order chi connectivity index (χ0) is 20.3. The second-order valence-corrected chi connectivity index (χ2v) is 6.75. The average molecular weight is 449 g/mol. The van der Waals surface area contributed by atoms with Crippen molar-refractivity contribution in [2.24, 2.45) is 0 Å². The number of carbonyl (C=O) groups is 3. The molecule has 0 saturated carbocycles. The number of halogens is 2. The largest absolute Gasteiger partial charge is 0.481 e. The van der Waals surface area contributed by atoms with Gasteiger partial charge in [0.15, 0.2) is 6.61 Å². The summed E-state index contributed by atoms with van der Waals surface area (Å²) < 4.78 is 19.7. The summed E-state index contributed by atoms with van der Waals surface area (Å²) in [5, 5.41) is 11.2. The van der Waals surface area contributed by atoms with Gasteiger partial charge in [0.25, 0.3) is 5.91 Å². The van der Waals surface area contributed by atoms with E-state index in [9.17, 15) is 18.8 Å². The van der Waals surface area contributed by atoms with Crippen LogP contribution in [0, 0.1) is 5.82 Å². The molecule has 0 aromatic heterocycles. The summed E-state index contributed by atoms with van der Waals surface area (Å²) in [7, 11) is 0. The number of amides is 3. The summed E-state index contributed by atoms with van der Waals surface area (Å²) in [4.78, 5) is 36.4.